The van der Waals surface area contributed by atoms with Gasteiger partial charge in [-0.05, 0) is 86.5 Å². The molecule has 26 heavy (non-hydrogen) atoms. The minimum atomic E-state index is 0.240. The molecule has 0 radical (unpaired) electrons. The third-order valence-electron chi connectivity index (χ3n) is 4.32. The highest BCUT2D eigenvalue weighted by atomic mass is 16.3. The fraction of sp³-hybridized carbons (Fsp3) is 0.136. The van der Waals surface area contributed by atoms with E-state index in [1.54, 1.807) is 12.1 Å². The maximum absolute atomic E-state index is 9.54. The number of phenols is 1. The van der Waals surface area contributed by atoms with E-state index in [0.717, 1.165) is 34.2 Å². The van der Waals surface area contributed by atoms with Crippen LogP contribution in [0, 0.1) is 20.8 Å². The Morgan fingerprint density at radius 1 is 0.846 bits per heavy atom. The lowest BCUT2D eigenvalue weighted by Gasteiger charge is -2.08. The minimum Gasteiger partial charge on any atom is -0.508 e. The topological polar surface area (TPSA) is 51.2 Å². The molecular weight excluding hydrogens is 324 g/mol. The molecule has 4 rings (SSSR count). The molecule has 0 saturated heterocycles. The number of rotatable bonds is 3. The van der Waals surface area contributed by atoms with E-state index in [9.17, 15) is 5.11 Å². The molecule has 0 aliphatic carbocycles. The molecular formula is C22H20N2O2. The van der Waals surface area contributed by atoms with E-state index in [2.05, 4.69) is 32.0 Å². The Labute approximate surface area is 152 Å². The normalized spacial score (nSPS) is 11.0. The number of aromatic nitrogens is 2. The summed E-state index contributed by atoms with van der Waals surface area (Å²) < 4.78 is 7.78. The second-order valence-corrected chi connectivity index (χ2v) is 6.63. The maximum atomic E-state index is 9.54. The summed E-state index contributed by atoms with van der Waals surface area (Å²) in [5, 5.41) is 14.4. The molecule has 130 valence electrons. The Kier molecular flexibility index (Phi) is 3.88. The van der Waals surface area contributed by atoms with Crippen LogP contribution in [-0.4, -0.2) is 14.9 Å². The lowest BCUT2D eigenvalue weighted by atomic mass is 10.1. The van der Waals surface area contributed by atoms with Crippen molar-refractivity contribution < 1.29 is 9.52 Å². The first-order valence-corrected chi connectivity index (χ1v) is 8.54. The second-order valence-electron chi connectivity index (χ2n) is 6.63. The number of aryl methyl sites for hydroxylation is 3. The summed E-state index contributed by atoms with van der Waals surface area (Å²) in [6.07, 6.45) is 0. The summed E-state index contributed by atoms with van der Waals surface area (Å²) in [6, 6.07) is 19.4. The number of benzene rings is 2. The largest absolute Gasteiger partial charge is 0.508 e. The van der Waals surface area contributed by atoms with E-state index in [0.29, 0.717) is 0 Å². The molecule has 2 heterocycles. The van der Waals surface area contributed by atoms with Crippen molar-refractivity contribution in [3.05, 3.63) is 77.6 Å². The Bertz CT molecular complexity index is 1050. The molecule has 4 aromatic rings. The van der Waals surface area contributed by atoms with Gasteiger partial charge in [0.2, 0.25) is 0 Å². The van der Waals surface area contributed by atoms with Crippen molar-refractivity contribution in [3.63, 3.8) is 0 Å². The molecule has 1 N–H and O–H groups in total. The van der Waals surface area contributed by atoms with Gasteiger partial charge in [-0.25, -0.2) is 4.68 Å². The number of hydrogen-bond donors (Lipinski definition) is 1. The summed E-state index contributed by atoms with van der Waals surface area (Å²) in [4.78, 5) is 0. The quantitative estimate of drug-likeness (QED) is 0.539. The number of phenolic OH excluding ortho intramolecular Hbond substituents is 1. The number of aromatic hydroxyl groups is 1. The average molecular weight is 344 g/mol. The molecule has 0 aliphatic rings. The monoisotopic (exact) mass is 344 g/mol. The zero-order chi connectivity index (χ0) is 18.3. The second kappa shape index (κ2) is 6.23. The highest BCUT2D eigenvalue weighted by molar-refractivity contribution is 5.68. The Balaban J connectivity index is 1.92. The molecule has 0 fully saturated rings. The third-order valence-corrected chi connectivity index (χ3v) is 4.32. The van der Waals surface area contributed by atoms with Crippen molar-refractivity contribution in [2.45, 2.75) is 20.8 Å². The van der Waals surface area contributed by atoms with E-state index in [1.807, 2.05) is 41.9 Å². The van der Waals surface area contributed by atoms with Gasteiger partial charge in [0.15, 0.2) is 5.76 Å². The minimum absolute atomic E-state index is 0.240. The first-order chi connectivity index (χ1) is 12.5. The molecule has 2 aromatic heterocycles. The molecule has 0 amide bonds. The van der Waals surface area contributed by atoms with Crippen LogP contribution < -0.4 is 0 Å². The molecule has 0 unspecified atom stereocenters. The summed E-state index contributed by atoms with van der Waals surface area (Å²) >= 11 is 0. The van der Waals surface area contributed by atoms with Crippen LogP contribution in [0.25, 0.3) is 28.4 Å². The van der Waals surface area contributed by atoms with E-state index < -0.39 is 0 Å². The Morgan fingerprint density at radius 2 is 1.54 bits per heavy atom. The van der Waals surface area contributed by atoms with Gasteiger partial charge in [0.25, 0.3) is 0 Å². The fourth-order valence-corrected chi connectivity index (χ4v) is 3.17. The summed E-state index contributed by atoms with van der Waals surface area (Å²) in [5.74, 6) is 1.88. The van der Waals surface area contributed by atoms with E-state index in [4.69, 9.17) is 9.52 Å². The Hall–Kier alpha value is -3.27. The van der Waals surface area contributed by atoms with Gasteiger partial charge in [0, 0.05) is 5.56 Å². The summed E-state index contributed by atoms with van der Waals surface area (Å²) in [6.45, 7) is 6.09. The molecule has 2 aromatic carbocycles. The van der Waals surface area contributed by atoms with Crippen LogP contribution >= 0.6 is 0 Å². The maximum Gasteiger partial charge on any atom is 0.152 e. The van der Waals surface area contributed by atoms with Crippen molar-refractivity contribution >= 4 is 0 Å². The van der Waals surface area contributed by atoms with Crippen LogP contribution in [0.3, 0.4) is 0 Å². The van der Waals surface area contributed by atoms with Crippen LogP contribution in [0.5, 0.6) is 5.75 Å². The average Bonchev–Trinajstić information content (AvgIpc) is 3.21. The zero-order valence-corrected chi connectivity index (χ0v) is 15.0. The van der Waals surface area contributed by atoms with Gasteiger partial charge in [-0.3, -0.25) is 0 Å². The van der Waals surface area contributed by atoms with E-state index >= 15 is 0 Å². The van der Waals surface area contributed by atoms with E-state index in [-0.39, 0.29) is 5.75 Å². The highest BCUT2D eigenvalue weighted by Gasteiger charge is 2.16. The van der Waals surface area contributed by atoms with Crippen molar-refractivity contribution in [2.75, 3.05) is 0 Å². The molecule has 4 heteroatoms. The molecule has 0 saturated carbocycles. The Morgan fingerprint density at radius 3 is 2.15 bits per heavy atom. The zero-order valence-electron chi connectivity index (χ0n) is 15.0. The van der Waals surface area contributed by atoms with E-state index in [1.165, 1.54) is 11.1 Å². The van der Waals surface area contributed by atoms with Gasteiger partial charge < -0.3 is 9.52 Å². The molecule has 0 spiro atoms. The van der Waals surface area contributed by atoms with Gasteiger partial charge in [-0.15, -0.1) is 0 Å². The first-order valence-electron chi connectivity index (χ1n) is 8.54. The fourth-order valence-electron chi connectivity index (χ4n) is 3.17. The highest BCUT2D eigenvalue weighted by Crippen LogP contribution is 2.31. The SMILES string of the molecule is Cc1cc(C)cc(-n2nc(-c3ccc(O)cc3)cc2-c2ccc(C)o2)c1. The van der Waals surface area contributed by atoms with Crippen LogP contribution in [-0.2, 0) is 0 Å². The van der Waals surface area contributed by atoms with Crippen molar-refractivity contribution in [1.29, 1.82) is 0 Å². The van der Waals surface area contributed by atoms with Crippen LogP contribution in [0.4, 0.5) is 0 Å². The predicted molar refractivity (Wildman–Crippen MR) is 103 cm³/mol. The van der Waals surface area contributed by atoms with Gasteiger partial charge in [0.1, 0.15) is 17.2 Å². The molecule has 0 bridgehead atoms. The first kappa shape index (κ1) is 16.2. The predicted octanol–water partition coefficient (Wildman–Crippen LogP) is 5.43. The number of nitrogens with zero attached hydrogens (tertiary/aromatic N) is 2. The van der Waals surface area contributed by atoms with Crippen LogP contribution in [0.1, 0.15) is 16.9 Å². The van der Waals surface area contributed by atoms with Gasteiger partial charge in [0.05, 0.1) is 11.4 Å². The van der Waals surface area contributed by atoms with Crippen LogP contribution in [0.2, 0.25) is 0 Å². The standard InChI is InChI=1S/C22H20N2O2/c1-14-10-15(2)12-18(11-14)24-21(22-9-4-16(3)26-22)13-20(23-24)17-5-7-19(25)8-6-17/h4-13,25H,1-3H3. The smallest absolute Gasteiger partial charge is 0.152 e. The van der Waals surface area contributed by atoms with Gasteiger partial charge in [-0.1, -0.05) is 6.07 Å². The number of hydrogen-bond acceptors (Lipinski definition) is 3. The lowest BCUT2D eigenvalue weighted by Crippen LogP contribution is -2.00. The summed E-state index contributed by atoms with van der Waals surface area (Å²) in [5.41, 5.74) is 6.03. The molecule has 4 nitrogen and oxygen atoms in total. The molecule has 0 aliphatic heterocycles. The number of furan rings is 1. The van der Waals surface area contributed by atoms with Crippen LogP contribution in [0.15, 0.2) is 65.1 Å². The van der Waals surface area contributed by atoms with Gasteiger partial charge >= 0.3 is 0 Å². The van der Waals surface area contributed by atoms with Crippen molar-refractivity contribution in [2.24, 2.45) is 0 Å². The lowest BCUT2D eigenvalue weighted by molar-refractivity contribution is 0.475. The molecule has 0 atom stereocenters. The van der Waals surface area contributed by atoms with Crippen molar-refractivity contribution in [1.82, 2.24) is 9.78 Å². The van der Waals surface area contributed by atoms with Gasteiger partial charge in [-0.2, -0.15) is 5.10 Å². The third kappa shape index (κ3) is 3.02. The summed E-state index contributed by atoms with van der Waals surface area (Å²) in [7, 11) is 0. The van der Waals surface area contributed by atoms with Crippen molar-refractivity contribution in [3.8, 4) is 34.1 Å².